The number of halogens is 1. The van der Waals surface area contributed by atoms with Crippen LogP contribution in [0.4, 0.5) is 0 Å². The monoisotopic (exact) mass is 348 g/mol. The van der Waals surface area contributed by atoms with Gasteiger partial charge in [-0.25, -0.2) is 0 Å². The van der Waals surface area contributed by atoms with Crippen LogP contribution in [0.15, 0.2) is 36.4 Å². The number of methoxy groups -OCH3 is 2. The Kier molecular flexibility index (Phi) is 5.29. The van der Waals surface area contributed by atoms with Crippen LogP contribution in [0.5, 0.6) is 11.5 Å². The van der Waals surface area contributed by atoms with Crippen LogP contribution in [-0.4, -0.2) is 14.2 Å². The zero-order valence-corrected chi connectivity index (χ0v) is 14.5. The van der Waals surface area contributed by atoms with Gasteiger partial charge in [0.25, 0.3) is 0 Å². The molecule has 0 aromatic heterocycles. The van der Waals surface area contributed by atoms with E-state index in [1.807, 2.05) is 18.2 Å². The number of aryl methyl sites for hydroxylation is 2. The second kappa shape index (κ2) is 6.99. The Balaban J connectivity index is 2.31. The first-order valence-electron chi connectivity index (χ1n) is 6.97. The highest BCUT2D eigenvalue weighted by molar-refractivity contribution is 9.09. The summed E-state index contributed by atoms with van der Waals surface area (Å²) in [5.74, 6) is 1.72. The van der Waals surface area contributed by atoms with E-state index in [1.54, 1.807) is 14.2 Å². The van der Waals surface area contributed by atoms with Crippen molar-refractivity contribution in [2.45, 2.75) is 25.1 Å². The van der Waals surface area contributed by atoms with E-state index in [4.69, 9.17) is 9.47 Å². The lowest BCUT2D eigenvalue weighted by molar-refractivity contribution is 0.398. The lowest BCUT2D eigenvalue weighted by atomic mass is 9.98. The van der Waals surface area contributed by atoms with Crippen LogP contribution in [0, 0.1) is 13.8 Å². The van der Waals surface area contributed by atoms with Crippen molar-refractivity contribution in [3.8, 4) is 11.5 Å². The van der Waals surface area contributed by atoms with Crippen LogP contribution in [-0.2, 0) is 6.42 Å². The van der Waals surface area contributed by atoms with Crippen LogP contribution in [0.1, 0.15) is 27.1 Å². The fourth-order valence-electron chi connectivity index (χ4n) is 2.41. The molecule has 21 heavy (non-hydrogen) atoms. The summed E-state index contributed by atoms with van der Waals surface area (Å²) in [4.78, 5) is 0.183. The average molecular weight is 349 g/mol. The predicted molar refractivity (Wildman–Crippen MR) is 90.8 cm³/mol. The summed E-state index contributed by atoms with van der Waals surface area (Å²) < 4.78 is 10.8. The van der Waals surface area contributed by atoms with Crippen LogP contribution in [0.25, 0.3) is 0 Å². The van der Waals surface area contributed by atoms with E-state index in [0.29, 0.717) is 0 Å². The quantitative estimate of drug-likeness (QED) is 0.708. The van der Waals surface area contributed by atoms with Crippen LogP contribution >= 0.6 is 15.9 Å². The number of rotatable bonds is 5. The molecule has 0 N–H and O–H groups in total. The molecule has 112 valence electrons. The third-order valence-corrected chi connectivity index (χ3v) is 4.50. The van der Waals surface area contributed by atoms with Gasteiger partial charge in [-0.15, -0.1) is 0 Å². The molecule has 0 aliphatic carbocycles. The van der Waals surface area contributed by atoms with Gasteiger partial charge in [0.2, 0.25) is 0 Å². The largest absolute Gasteiger partial charge is 0.497 e. The summed E-state index contributed by atoms with van der Waals surface area (Å²) in [5.41, 5.74) is 5.05. The molecule has 2 aromatic carbocycles. The van der Waals surface area contributed by atoms with Crippen molar-refractivity contribution in [1.82, 2.24) is 0 Å². The Morgan fingerprint density at radius 3 is 2.43 bits per heavy atom. The van der Waals surface area contributed by atoms with E-state index in [1.165, 1.54) is 16.7 Å². The van der Waals surface area contributed by atoms with Gasteiger partial charge in [0.15, 0.2) is 0 Å². The zero-order chi connectivity index (χ0) is 15.4. The van der Waals surface area contributed by atoms with Gasteiger partial charge >= 0.3 is 0 Å². The fourth-order valence-corrected chi connectivity index (χ4v) is 3.11. The number of hydrogen-bond donors (Lipinski definition) is 0. The average Bonchev–Trinajstić information content (AvgIpc) is 2.50. The maximum atomic E-state index is 5.47. The van der Waals surface area contributed by atoms with Crippen molar-refractivity contribution >= 4 is 15.9 Å². The second-order valence-electron chi connectivity index (χ2n) is 5.21. The van der Waals surface area contributed by atoms with Gasteiger partial charge in [-0.2, -0.15) is 0 Å². The molecule has 1 unspecified atom stereocenters. The standard InChI is InChI=1S/C18H21BrO2/c1-12-5-6-13(2)14(9-12)10-17(19)16-11-15(20-3)7-8-18(16)21-4/h5-9,11,17H,10H2,1-4H3. The lowest BCUT2D eigenvalue weighted by Gasteiger charge is -2.17. The maximum Gasteiger partial charge on any atom is 0.123 e. The van der Waals surface area contributed by atoms with E-state index in [0.717, 1.165) is 23.5 Å². The Labute approximate surface area is 135 Å². The summed E-state index contributed by atoms with van der Waals surface area (Å²) in [6.07, 6.45) is 0.914. The normalized spacial score (nSPS) is 12.0. The van der Waals surface area contributed by atoms with Crippen LogP contribution in [0.2, 0.25) is 0 Å². The molecular formula is C18H21BrO2. The SMILES string of the molecule is COc1ccc(OC)c(C(Br)Cc2cc(C)ccc2C)c1. The van der Waals surface area contributed by atoms with E-state index in [-0.39, 0.29) is 4.83 Å². The molecule has 0 bridgehead atoms. The molecule has 0 aliphatic rings. The molecule has 2 rings (SSSR count). The molecule has 0 fully saturated rings. The third kappa shape index (κ3) is 3.79. The van der Waals surface area contributed by atoms with E-state index >= 15 is 0 Å². The predicted octanol–water partition coefficient (Wildman–Crippen LogP) is 5.00. The minimum absolute atomic E-state index is 0.183. The Bertz CT molecular complexity index is 623. The first-order chi connectivity index (χ1) is 10.0. The molecule has 2 nitrogen and oxygen atoms in total. The molecule has 0 saturated heterocycles. The molecular weight excluding hydrogens is 328 g/mol. The second-order valence-corrected chi connectivity index (χ2v) is 6.31. The van der Waals surface area contributed by atoms with Gasteiger partial charge in [-0.05, 0) is 49.6 Å². The van der Waals surface area contributed by atoms with Crippen molar-refractivity contribution in [2.75, 3.05) is 14.2 Å². The smallest absolute Gasteiger partial charge is 0.123 e. The highest BCUT2D eigenvalue weighted by atomic mass is 79.9. The summed E-state index contributed by atoms with van der Waals surface area (Å²) >= 11 is 3.80. The van der Waals surface area contributed by atoms with Crippen LogP contribution in [0.3, 0.4) is 0 Å². The molecule has 0 spiro atoms. The van der Waals surface area contributed by atoms with Gasteiger partial charge in [-0.1, -0.05) is 39.7 Å². The van der Waals surface area contributed by atoms with Crippen LogP contribution < -0.4 is 9.47 Å². The highest BCUT2D eigenvalue weighted by Gasteiger charge is 2.16. The van der Waals surface area contributed by atoms with Crippen molar-refractivity contribution in [2.24, 2.45) is 0 Å². The number of ether oxygens (including phenoxy) is 2. The summed E-state index contributed by atoms with van der Waals surface area (Å²) in [6, 6.07) is 12.5. The number of hydrogen-bond acceptors (Lipinski definition) is 2. The third-order valence-electron chi connectivity index (χ3n) is 3.68. The fraction of sp³-hybridized carbons (Fsp3) is 0.333. The van der Waals surface area contributed by atoms with E-state index in [9.17, 15) is 0 Å². The van der Waals surface area contributed by atoms with Crippen molar-refractivity contribution in [3.05, 3.63) is 58.7 Å². The lowest BCUT2D eigenvalue weighted by Crippen LogP contribution is -2.01. The molecule has 0 radical (unpaired) electrons. The maximum absolute atomic E-state index is 5.47. The summed E-state index contributed by atoms with van der Waals surface area (Å²) in [6.45, 7) is 4.27. The minimum Gasteiger partial charge on any atom is -0.497 e. The van der Waals surface area contributed by atoms with Gasteiger partial charge in [-0.3, -0.25) is 0 Å². The Hall–Kier alpha value is -1.48. The highest BCUT2D eigenvalue weighted by Crippen LogP contribution is 2.36. The van der Waals surface area contributed by atoms with Gasteiger partial charge in [0.1, 0.15) is 11.5 Å². The zero-order valence-electron chi connectivity index (χ0n) is 12.9. The first-order valence-corrected chi connectivity index (χ1v) is 7.89. The van der Waals surface area contributed by atoms with Crippen molar-refractivity contribution in [1.29, 1.82) is 0 Å². The topological polar surface area (TPSA) is 18.5 Å². The Morgan fingerprint density at radius 1 is 1.00 bits per heavy atom. The molecule has 1 atom stereocenters. The molecule has 0 amide bonds. The summed E-state index contributed by atoms with van der Waals surface area (Å²) in [5, 5.41) is 0. The van der Waals surface area contributed by atoms with E-state index < -0.39 is 0 Å². The summed E-state index contributed by atoms with van der Waals surface area (Å²) in [7, 11) is 3.38. The number of alkyl halides is 1. The molecule has 0 saturated carbocycles. The van der Waals surface area contributed by atoms with Gasteiger partial charge in [0, 0.05) is 10.4 Å². The van der Waals surface area contributed by atoms with E-state index in [2.05, 4.69) is 48.0 Å². The number of benzene rings is 2. The Morgan fingerprint density at radius 2 is 1.76 bits per heavy atom. The first kappa shape index (κ1) is 15.9. The van der Waals surface area contributed by atoms with Crippen molar-refractivity contribution in [3.63, 3.8) is 0 Å². The molecule has 3 heteroatoms. The molecule has 2 aromatic rings. The molecule has 0 aliphatic heterocycles. The van der Waals surface area contributed by atoms with Crippen molar-refractivity contribution < 1.29 is 9.47 Å². The molecule has 0 heterocycles. The van der Waals surface area contributed by atoms with Gasteiger partial charge in [0.05, 0.1) is 14.2 Å². The van der Waals surface area contributed by atoms with Gasteiger partial charge < -0.3 is 9.47 Å². The minimum atomic E-state index is 0.183.